The molecule has 6 heteroatoms. The highest BCUT2D eigenvalue weighted by atomic mass is 16.5. The second kappa shape index (κ2) is 8.00. The van der Waals surface area contributed by atoms with Gasteiger partial charge in [0.25, 0.3) is 5.91 Å². The van der Waals surface area contributed by atoms with Crippen LogP contribution in [0.1, 0.15) is 54.4 Å². The van der Waals surface area contributed by atoms with Crippen molar-refractivity contribution in [1.29, 1.82) is 0 Å². The lowest BCUT2D eigenvalue weighted by atomic mass is 9.78. The number of benzene rings is 1. The number of carbonyl (C=O) groups excluding carboxylic acids is 2. The van der Waals surface area contributed by atoms with Crippen LogP contribution in [0.3, 0.4) is 0 Å². The number of nitrogens with one attached hydrogen (secondary N) is 1. The molecule has 1 fully saturated rings. The van der Waals surface area contributed by atoms with E-state index in [2.05, 4.69) is 10.3 Å². The third-order valence-electron chi connectivity index (χ3n) is 5.44. The zero-order valence-electron chi connectivity index (χ0n) is 15.8. The average Bonchev–Trinajstić information content (AvgIpc) is 2.71. The number of ether oxygens (including phenoxy) is 2. The molecule has 2 heterocycles. The number of Topliss-reactive ketones (excluding diaryl/α,β-unsaturated/α-hetero) is 1. The van der Waals surface area contributed by atoms with Crippen LogP contribution in [0.15, 0.2) is 42.7 Å². The number of amides is 1. The van der Waals surface area contributed by atoms with Gasteiger partial charge < -0.3 is 14.8 Å². The maximum absolute atomic E-state index is 12.6. The first-order valence-corrected chi connectivity index (χ1v) is 9.78. The smallest absolute Gasteiger partial charge is 0.258 e. The molecule has 1 aliphatic heterocycles. The highest BCUT2D eigenvalue weighted by molar-refractivity contribution is 6.00. The molecule has 146 valence electrons. The van der Waals surface area contributed by atoms with Gasteiger partial charge in [0.2, 0.25) is 0 Å². The molecular weight excluding hydrogens is 356 g/mol. The summed E-state index contributed by atoms with van der Waals surface area (Å²) in [6.07, 6.45) is 9.05. The van der Waals surface area contributed by atoms with Crippen LogP contribution in [0, 0.1) is 0 Å². The number of hydrogen-bond acceptors (Lipinski definition) is 5. The van der Waals surface area contributed by atoms with Crippen molar-refractivity contribution in [2.45, 2.75) is 50.7 Å². The van der Waals surface area contributed by atoms with Crippen LogP contribution in [0.25, 0.3) is 0 Å². The van der Waals surface area contributed by atoms with Crippen molar-refractivity contribution in [3.8, 4) is 11.5 Å². The van der Waals surface area contributed by atoms with Gasteiger partial charge >= 0.3 is 0 Å². The molecule has 1 amide bonds. The van der Waals surface area contributed by atoms with Crippen LogP contribution in [0.4, 0.5) is 0 Å². The summed E-state index contributed by atoms with van der Waals surface area (Å²) in [5.74, 6) is 1.02. The highest BCUT2D eigenvalue weighted by Gasteiger charge is 2.41. The summed E-state index contributed by atoms with van der Waals surface area (Å²) in [4.78, 5) is 28.5. The Morgan fingerprint density at radius 2 is 1.93 bits per heavy atom. The Morgan fingerprint density at radius 3 is 2.71 bits per heavy atom. The summed E-state index contributed by atoms with van der Waals surface area (Å²) >= 11 is 0. The Morgan fingerprint density at radius 1 is 1.14 bits per heavy atom. The van der Waals surface area contributed by atoms with E-state index in [9.17, 15) is 9.59 Å². The van der Waals surface area contributed by atoms with Gasteiger partial charge in [-0.05, 0) is 55.5 Å². The Balaban J connectivity index is 1.36. The average molecular weight is 380 g/mol. The van der Waals surface area contributed by atoms with Gasteiger partial charge in [-0.25, -0.2) is 0 Å². The lowest BCUT2D eigenvalue weighted by Crippen LogP contribution is -2.43. The van der Waals surface area contributed by atoms with Crippen molar-refractivity contribution in [1.82, 2.24) is 10.3 Å². The minimum absolute atomic E-state index is 0.0943. The topological polar surface area (TPSA) is 77.5 Å². The molecule has 0 unspecified atom stereocenters. The van der Waals surface area contributed by atoms with E-state index in [0.717, 1.165) is 31.2 Å². The number of carbonyl (C=O) groups is 2. The molecule has 2 aromatic rings. The van der Waals surface area contributed by atoms with Gasteiger partial charge in [-0.1, -0.05) is 6.42 Å². The molecule has 0 radical (unpaired) electrons. The molecule has 1 aliphatic carbocycles. The minimum Gasteiger partial charge on any atom is -0.486 e. The zero-order chi connectivity index (χ0) is 19.4. The van der Waals surface area contributed by atoms with E-state index in [1.54, 1.807) is 30.6 Å². The van der Waals surface area contributed by atoms with E-state index < -0.39 is 0 Å². The molecule has 1 saturated carbocycles. The molecule has 1 spiro atoms. The maximum atomic E-state index is 12.6. The van der Waals surface area contributed by atoms with Gasteiger partial charge in [-0.3, -0.25) is 14.6 Å². The van der Waals surface area contributed by atoms with E-state index in [0.29, 0.717) is 30.0 Å². The van der Waals surface area contributed by atoms with Crippen molar-refractivity contribution in [2.75, 3.05) is 6.61 Å². The lowest BCUT2D eigenvalue weighted by Gasteiger charge is -2.40. The van der Waals surface area contributed by atoms with E-state index in [1.165, 1.54) is 6.42 Å². The standard InChI is InChI=1S/C22H24N2O4/c25-19-13-22(8-2-1-3-9-22)28-20-12-17(4-5-18(19)20)27-15-21(26)24-14-16-6-10-23-11-7-16/h4-7,10-12H,1-3,8-9,13-15H2,(H,24,26). The first-order chi connectivity index (χ1) is 13.6. The summed E-state index contributed by atoms with van der Waals surface area (Å²) in [5.41, 5.74) is 1.22. The largest absolute Gasteiger partial charge is 0.486 e. The third kappa shape index (κ3) is 4.16. The Hall–Kier alpha value is -2.89. The molecular formula is C22H24N2O4. The summed E-state index contributed by atoms with van der Waals surface area (Å²) < 4.78 is 11.9. The van der Waals surface area contributed by atoms with E-state index >= 15 is 0 Å². The van der Waals surface area contributed by atoms with E-state index in [1.807, 2.05) is 12.1 Å². The molecule has 2 aliphatic rings. The number of aromatic nitrogens is 1. The van der Waals surface area contributed by atoms with Gasteiger partial charge in [0.15, 0.2) is 12.4 Å². The number of fused-ring (bicyclic) bond motifs is 1. The van der Waals surface area contributed by atoms with E-state index in [4.69, 9.17) is 9.47 Å². The van der Waals surface area contributed by atoms with Gasteiger partial charge in [0, 0.05) is 25.0 Å². The second-order valence-corrected chi connectivity index (χ2v) is 7.52. The van der Waals surface area contributed by atoms with Crippen LogP contribution in [-0.2, 0) is 11.3 Å². The van der Waals surface area contributed by atoms with Crippen molar-refractivity contribution < 1.29 is 19.1 Å². The normalized spacial score (nSPS) is 17.5. The molecule has 6 nitrogen and oxygen atoms in total. The molecule has 28 heavy (non-hydrogen) atoms. The molecule has 1 aromatic carbocycles. The predicted molar refractivity (Wildman–Crippen MR) is 103 cm³/mol. The minimum atomic E-state index is -0.358. The summed E-state index contributed by atoms with van der Waals surface area (Å²) in [7, 11) is 0. The van der Waals surface area contributed by atoms with Crippen LogP contribution in [0.2, 0.25) is 0 Å². The van der Waals surface area contributed by atoms with Gasteiger partial charge in [-0.15, -0.1) is 0 Å². The first-order valence-electron chi connectivity index (χ1n) is 9.78. The fourth-order valence-electron chi connectivity index (χ4n) is 3.94. The Bertz CT molecular complexity index is 860. The van der Waals surface area contributed by atoms with E-state index in [-0.39, 0.29) is 23.9 Å². The molecule has 4 rings (SSSR count). The zero-order valence-corrected chi connectivity index (χ0v) is 15.8. The van der Waals surface area contributed by atoms with Crippen molar-refractivity contribution in [3.63, 3.8) is 0 Å². The van der Waals surface area contributed by atoms with Crippen LogP contribution < -0.4 is 14.8 Å². The van der Waals surface area contributed by atoms with Crippen molar-refractivity contribution >= 4 is 11.7 Å². The number of pyridine rings is 1. The third-order valence-corrected chi connectivity index (χ3v) is 5.44. The molecule has 0 bridgehead atoms. The number of rotatable bonds is 5. The van der Waals surface area contributed by atoms with Gasteiger partial charge in [-0.2, -0.15) is 0 Å². The van der Waals surface area contributed by atoms with Crippen molar-refractivity contribution in [3.05, 3.63) is 53.9 Å². The summed E-state index contributed by atoms with van der Waals surface area (Å²) in [6.45, 7) is 0.331. The maximum Gasteiger partial charge on any atom is 0.258 e. The highest BCUT2D eigenvalue weighted by Crippen LogP contribution is 2.42. The quantitative estimate of drug-likeness (QED) is 0.860. The Kier molecular flexibility index (Phi) is 5.28. The Labute approximate surface area is 164 Å². The van der Waals surface area contributed by atoms with Gasteiger partial charge in [0.05, 0.1) is 12.0 Å². The number of nitrogens with zero attached hydrogens (tertiary/aromatic N) is 1. The monoisotopic (exact) mass is 380 g/mol. The fourth-order valence-corrected chi connectivity index (χ4v) is 3.94. The molecule has 0 saturated heterocycles. The summed E-state index contributed by atoms with van der Waals surface area (Å²) in [6, 6.07) is 8.88. The number of hydrogen-bond donors (Lipinski definition) is 1. The SMILES string of the molecule is O=C(COc1ccc2c(c1)OC1(CCCCC1)CC2=O)NCc1ccncc1. The van der Waals surface area contributed by atoms with Crippen molar-refractivity contribution in [2.24, 2.45) is 0 Å². The van der Waals surface area contributed by atoms with Gasteiger partial charge in [0.1, 0.15) is 17.1 Å². The molecule has 1 N–H and O–H groups in total. The first kappa shape index (κ1) is 18.5. The molecule has 0 atom stereocenters. The summed E-state index contributed by atoms with van der Waals surface area (Å²) in [5, 5.41) is 2.81. The molecule has 1 aromatic heterocycles. The van der Waals surface area contributed by atoms with Crippen LogP contribution in [-0.4, -0.2) is 28.9 Å². The predicted octanol–water partition coefficient (Wildman–Crippen LogP) is 3.44. The second-order valence-electron chi connectivity index (χ2n) is 7.52. The fraction of sp³-hybridized carbons (Fsp3) is 0.409. The van der Waals surface area contributed by atoms with Crippen LogP contribution >= 0.6 is 0 Å². The lowest BCUT2D eigenvalue weighted by molar-refractivity contribution is -0.123. The number of ketones is 1. The van der Waals surface area contributed by atoms with Crippen LogP contribution in [0.5, 0.6) is 11.5 Å².